The fourth-order valence-corrected chi connectivity index (χ4v) is 2.83. The summed E-state index contributed by atoms with van der Waals surface area (Å²) >= 11 is 9.52. The number of alkyl halides is 1. The first-order valence-electron chi connectivity index (χ1n) is 5.71. The van der Waals surface area contributed by atoms with Gasteiger partial charge in [-0.15, -0.1) is 0 Å². The average molecular weight is 336 g/mol. The van der Waals surface area contributed by atoms with Gasteiger partial charge >= 0.3 is 0 Å². The third-order valence-corrected chi connectivity index (χ3v) is 8.53. The van der Waals surface area contributed by atoms with E-state index in [9.17, 15) is 0 Å². The van der Waals surface area contributed by atoms with E-state index in [1.165, 1.54) is 0 Å². The monoisotopic (exact) mass is 334 g/mol. The molecule has 1 aromatic rings. The molecule has 0 radical (unpaired) electrons. The van der Waals surface area contributed by atoms with Crippen LogP contribution < -0.4 is 4.43 Å². The fourth-order valence-electron chi connectivity index (χ4n) is 1.16. The van der Waals surface area contributed by atoms with E-state index in [0.717, 1.165) is 21.7 Å². The van der Waals surface area contributed by atoms with Crippen molar-refractivity contribution >= 4 is 35.8 Å². The number of benzene rings is 1. The molecule has 1 nitrogen and oxygen atoms in total. The van der Waals surface area contributed by atoms with Crippen molar-refractivity contribution in [3.63, 3.8) is 0 Å². The average Bonchev–Trinajstić information content (AvgIpc) is 2.15. The van der Waals surface area contributed by atoms with Crippen LogP contribution in [0.2, 0.25) is 23.2 Å². The molecule has 0 aliphatic heterocycles. The lowest BCUT2D eigenvalue weighted by Gasteiger charge is -2.37. The molecule has 0 N–H and O–H groups in total. The third kappa shape index (κ3) is 3.73. The second kappa shape index (κ2) is 5.33. The standard InChI is InChI=1S/C13H20BrClOSi/c1-13(2,3)17(4,5)16-12-8-11(15)7-6-10(12)9-14/h6-8H,9H2,1-5H3. The van der Waals surface area contributed by atoms with Crippen molar-refractivity contribution in [3.8, 4) is 5.75 Å². The molecule has 1 rings (SSSR count). The van der Waals surface area contributed by atoms with Gasteiger partial charge in [-0.3, -0.25) is 0 Å². The summed E-state index contributed by atoms with van der Waals surface area (Å²) in [6.07, 6.45) is 0. The maximum atomic E-state index is 6.29. The van der Waals surface area contributed by atoms with Gasteiger partial charge in [0.15, 0.2) is 0 Å². The van der Waals surface area contributed by atoms with Gasteiger partial charge in [-0.1, -0.05) is 54.4 Å². The molecule has 0 aromatic heterocycles. The van der Waals surface area contributed by atoms with Crippen LogP contribution >= 0.6 is 27.5 Å². The van der Waals surface area contributed by atoms with E-state index >= 15 is 0 Å². The molecule has 0 saturated heterocycles. The van der Waals surface area contributed by atoms with Crippen LogP contribution in [0.15, 0.2) is 18.2 Å². The Morgan fingerprint density at radius 2 is 1.88 bits per heavy atom. The van der Waals surface area contributed by atoms with Crippen molar-refractivity contribution in [3.05, 3.63) is 28.8 Å². The van der Waals surface area contributed by atoms with Crippen LogP contribution in [0.4, 0.5) is 0 Å². The van der Waals surface area contributed by atoms with E-state index in [2.05, 4.69) is 49.8 Å². The quantitative estimate of drug-likeness (QED) is 0.514. The van der Waals surface area contributed by atoms with Crippen molar-refractivity contribution in [2.24, 2.45) is 0 Å². The summed E-state index contributed by atoms with van der Waals surface area (Å²) in [7, 11) is -1.80. The summed E-state index contributed by atoms with van der Waals surface area (Å²) in [6.45, 7) is 11.2. The smallest absolute Gasteiger partial charge is 0.250 e. The zero-order valence-electron chi connectivity index (χ0n) is 11.1. The molecular formula is C13H20BrClOSi. The van der Waals surface area contributed by atoms with Gasteiger partial charge in [0.05, 0.1) is 0 Å². The molecule has 0 aliphatic carbocycles. The minimum atomic E-state index is -1.80. The van der Waals surface area contributed by atoms with Crippen LogP contribution in [0, 0.1) is 0 Å². The van der Waals surface area contributed by atoms with Crippen LogP contribution in [-0.4, -0.2) is 8.32 Å². The summed E-state index contributed by atoms with van der Waals surface area (Å²) in [4.78, 5) is 0. The summed E-state index contributed by atoms with van der Waals surface area (Å²) < 4.78 is 6.29. The van der Waals surface area contributed by atoms with Crippen LogP contribution in [0.5, 0.6) is 5.75 Å². The highest BCUT2D eigenvalue weighted by molar-refractivity contribution is 9.08. The molecule has 0 atom stereocenters. The lowest BCUT2D eigenvalue weighted by molar-refractivity contribution is 0.489. The largest absolute Gasteiger partial charge is 0.543 e. The summed E-state index contributed by atoms with van der Waals surface area (Å²) in [5.41, 5.74) is 1.15. The van der Waals surface area contributed by atoms with Crippen LogP contribution in [0.3, 0.4) is 0 Å². The van der Waals surface area contributed by atoms with Gasteiger partial charge in [0.1, 0.15) is 5.75 Å². The summed E-state index contributed by atoms with van der Waals surface area (Å²) in [5, 5.41) is 1.70. The van der Waals surface area contributed by atoms with Crippen molar-refractivity contribution in [1.82, 2.24) is 0 Å². The minimum Gasteiger partial charge on any atom is -0.543 e. The van der Waals surface area contributed by atoms with Crippen molar-refractivity contribution in [2.45, 2.75) is 44.2 Å². The van der Waals surface area contributed by atoms with Crippen molar-refractivity contribution < 1.29 is 4.43 Å². The van der Waals surface area contributed by atoms with E-state index < -0.39 is 8.32 Å². The molecule has 0 fully saturated rings. The molecule has 0 amide bonds. The van der Waals surface area contributed by atoms with Gasteiger partial charge in [0.25, 0.3) is 0 Å². The number of rotatable bonds is 3. The SMILES string of the molecule is CC(C)(C)[Si](C)(C)Oc1cc(Cl)ccc1CBr. The topological polar surface area (TPSA) is 9.23 Å². The molecule has 0 heterocycles. The molecule has 0 spiro atoms. The highest BCUT2D eigenvalue weighted by Gasteiger charge is 2.39. The Hall–Kier alpha value is 0.00688. The Kier molecular flexibility index (Phi) is 4.72. The molecule has 1 aromatic carbocycles. The predicted octanol–water partition coefficient (Wildman–Crippen LogP) is 5.62. The second-order valence-electron chi connectivity index (χ2n) is 5.75. The molecule has 96 valence electrons. The first-order valence-corrected chi connectivity index (χ1v) is 10.1. The Bertz CT molecular complexity index is 399. The normalized spacial score (nSPS) is 12.6. The van der Waals surface area contributed by atoms with Gasteiger partial charge < -0.3 is 4.43 Å². The predicted molar refractivity (Wildman–Crippen MR) is 81.9 cm³/mol. The maximum absolute atomic E-state index is 6.29. The van der Waals surface area contributed by atoms with Crippen molar-refractivity contribution in [1.29, 1.82) is 0 Å². The molecule has 0 unspecified atom stereocenters. The minimum absolute atomic E-state index is 0.193. The van der Waals surface area contributed by atoms with Gasteiger partial charge in [0, 0.05) is 15.9 Å². The first-order chi connectivity index (χ1) is 7.67. The Morgan fingerprint density at radius 3 is 2.35 bits per heavy atom. The Balaban J connectivity index is 3.06. The van der Waals surface area contributed by atoms with Crippen molar-refractivity contribution in [2.75, 3.05) is 0 Å². The van der Waals surface area contributed by atoms with Gasteiger partial charge in [-0.2, -0.15) is 0 Å². The number of halogens is 2. The Labute approximate surface area is 119 Å². The highest BCUT2D eigenvalue weighted by atomic mass is 79.9. The third-order valence-electron chi connectivity index (χ3n) is 3.34. The molecule has 0 bridgehead atoms. The first kappa shape index (κ1) is 15.1. The van der Waals surface area contributed by atoms with E-state index in [4.69, 9.17) is 16.0 Å². The molecule has 0 saturated carbocycles. The molecule has 4 heteroatoms. The lowest BCUT2D eigenvalue weighted by atomic mass is 10.2. The van der Waals surface area contributed by atoms with Crippen LogP contribution in [0.25, 0.3) is 0 Å². The van der Waals surface area contributed by atoms with Crippen LogP contribution in [-0.2, 0) is 5.33 Å². The highest BCUT2D eigenvalue weighted by Crippen LogP contribution is 2.39. The van der Waals surface area contributed by atoms with E-state index in [1.54, 1.807) is 0 Å². The van der Waals surface area contributed by atoms with Gasteiger partial charge in [-0.25, -0.2) is 0 Å². The van der Waals surface area contributed by atoms with E-state index in [0.29, 0.717) is 0 Å². The summed E-state index contributed by atoms with van der Waals surface area (Å²) in [5.74, 6) is 0.918. The molecule has 17 heavy (non-hydrogen) atoms. The molecular weight excluding hydrogens is 316 g/mol. The second-order valence-corrected chi connectivity index (χ2v) is 11.5. The maximum Gasteiger partial charge on any atom is 0.250 e. The zero-order chi connectivity index (χ0) is 13.3. The fraction of sp³-hybridized carbons (Fsp3) is 0.538. The lowest BCUT2D eigenvalue weighted by Crippen LogP contribution is -2.44. The summed E-state index contributed by atoms with van der Waals surface area (Å²) in [6, 6.07) is 5.83. The molecule has 0 aliphatic rings. The van der Waals surface area contributed by atoms with E-state index in [1.807, 2.05) is 18.2 Å². The van der Waals surface area contributed by atoms with E-state index in [-0.39, 0.29) is 5.04 Å². The zero-order valence-corrected chi connectivity index (χ0v) is 14.4. The number of hydrogen-bond donors (Lipinski definition) is 0. The number of hydrogen-bond acceptors (Lipinski definition) is 1. The Morgan fingerprint density at radius 1 is 1.29 bits per heavy atom. The van der Waals surface area contributed by atoms with Gasteiger partial charge in [0.2, 0.25) is 8.32 Å². The van der Waals surface area contributed by atoms with Gasteiger partial charge in [-0.05, 0) is 30.3 Å². The van der Waals surface area contributed by atoms with Crippen LogP contribution in [0.1, 0.15) is 26.3 Å².